The molecule has 0 heterocycles. The van der Waals surface area contributed by atoms with E-state index in [9.17, 15) is 8.42 Å². The lowest BCUT2D eigenvalue weighted by atomic mass is 11.8. The van der Waals surface area contributed by atoms with Gasteiger partial charge in [-0.25, -0.2) is 0 Å². The normalized spacial score (nSPS) is 11.7. The Hall–Kier alpha value is 0.200. The maximum absolute atomic E-state index is 9.54. The maximum atomic E-state index is 9.54. The van der Waals surface area contributed by atoms with Gasteiger partial charge < -0.3 is 0 Å². The summed E-state index contributed by atoms with van der Waals surface area (Å²) in [7, 11) is 1.77. The largest absolute Gasteiger partial charge is 0.355 e. The van der Waals surface area contributed by atoms with Crippen LogP contribution in [0.1, 0.15) is 0 Å². The molecule has 0 spiro atoms. The van der Waals surface area contributed by atoms with Crippen molar-refractivity contribution in [2.75, 3.05) is 7.11 Å². The molecule has 3 nitrogen and oxygen atoms in total. The van der Waals surface area contributed by atoms with Crippen LogP contribution in [0.5, 0.6) is 0 Å². The van der Waals surface area contributed by atoms with Gasteiger partial charge in [0.1, 0.15) is 0 Å². The molecule has 0 rings (SSSR count). The number of hydrogen-bond donors (Lipinski definition) is 0. The molecule has 0 fully saturated rings. The second-order valence-electron chi connectivity index (χ2n) is 0.560. The van der Waals surface area contributed by atoms with Gasteiger partial charge in [0.05, 0.1) is 7.11 Å². The summed E-state index contributed by atoms with van der Waals surface area (Å²) in [6.07, 6.45) is 0. The summed E-state index contributed by atoms with van der Waals surface area (Å²) < 4.78 is 22.8. The zero-order chi connectivity index (χ0) is 5.21. The molecule has 38 valence electrons. The molecule has 0 aromatic carbocycles. The molecule has 0 saturated heterocycles. The summed E-state index contributed by atoms with van der Waals surface area (Å²) >= 11 is 0. The van der Waals surface area contributed by atoms with Gasteiger partial charge in [0.2, 0.25) is 0 Å². The summed E-state index contributed by atoms with van der Waals surface area (Å²) in [5.41, 5.74) is 0. The van der Waals surface area contributed by atoms with E-state index in [1.54, 1.807) is 0 Å². The Bertz CT molecular complexity index is 113. The minimum Gasteiger partial charge on any atom is -0.261 e. The van der Waals surface area contributed by atoms with Crippen LogP contribution in [0.2, 0.25) is 0 Å². The number of rotatable bonds is 1. The minimum absolute atomic E-state index is 0.988. The third kappa shape index (κ3) is 4.20. The quantitative estimate of drug-likeness (QED) is 0.474. The first-order valence-electron chi connectivity index (χ1n) is 1.06. The van der Waals surface area contributed by atoms with E-state index in [0.29, 0.717) is 0 Å². The van der Waals surface area contributed by atoms with Gasteiger partial charge in [0.15, 0.2) is 0 Å². The van der Waals surface area contributed by atoms with Gasteiger partial charge in [-0.05, 0) is 0 Å². The van der Waals surface area contributed by atoms with E-state index in [-0.39, 0.29) is 0 Å². The van der Waals surface area contributed by atoms with Crippen LogP contribution in [0.25, 0.3) is 0 Å². The van der Waals surface area contributed by atoms with Crippen molar-refractivity contribution in [2.24, 2.45) is 0 Å². The summed E-state index contributed by atoms with van der Waals surface area (Å²) in [4.78, 5) is 0. The Morgan fingerprint density at radius 3 is 1.83 bits per heavy atom. The number of halogens is 1. The predicted octanol–water partition coefficient (Wildman–Crippen LogP) is 0.116. The van der Waals surface area contributed by atoms with Gasteiger partial charge in [0, 0.05) is 10.7 Å². The van der Waals surface area contributed by atoms with Gasteiger partial charge in [-0.2, -0.15) is 8.42 Å². The van der Waals surface area contributed by atoms with Crippen LogP contribution >= 0.6 is 10.7 Å². The molecule has 0 N–H and O–H groups in total. The van der Waals surface area contributed by atoms with E-state index in [1.165, 1.54) is 0 Å². The molecule has 0 radical (unpaired) electrons. The Balaban J connectivity index is 3.85. The molecule has 0 atom stereocenters. The first kappa shape index (κ1) is 6.20. The molecule has 0 aromatic heterocycles. The second-order valence-corrected chi connectivity index (χ2v) is 2.81. The molecular weight excluding hydrogens is 128 g/mol. The molecule has 0 unspecified atom stereocenters. The highest BCUT2D eigenvalue weighted by Gasteiger charge is 1.95. The zero-order valence-corrected chi connectivity index (χ0v) is 4.58. The van der Waals surface area contributed by atoms with Gasteiger partial charge in [-0.1, -0.05) is 0 Å². The highest BCUT2D eigenvalue weighted by Crippen LogP contribution is 1.92. The fourth-order valence-corrected chi connectivity index (χ4v) is 0. The molecule has 5 heteroatoms. The molecule has 0 aliphatic heterocycles. The smallest absolute Gasteiger partial charge is 0.261 e. The summed E-state index contributed by atoms with van der Waals surface area (Å²) in [6.45, 7) is 0. The molecule has 0 bridgehead atoms. The van der Waals surface area contributed by atoms with Gasteiger partial charge in [0.25, 0.3) is 0 Å². The van der Waals surface area contributed by atoms with Crippen molar-refractivity contribution < 1.29 is 12.6 Å². The van der Waals surface area contributed by atoms with Crippen molar-refractivity contribution in [3.05, 3.63) is 0 Å². The van der Waals surface area contributed by atoms with Crippen LogP contribution < -0.4 is 0 Å². The Morgan fingerprint density at radius 1 is 1.67 bits per heavy atom. The Labute approximate surface area is 40.5 Å². The molecule has 0 saturated carbocycles. The van der Waals surface area contributed by atoms with E-state index < -0.39 is 9.33 Å². The highest BCUT2D eigenvalue weighted by molar-refractivity contribution is 8.09. The average molecular weight is 131 g/mol. The predicted molar refractivity (Wildman–Crippen MR) is 21.8 cm³/mol. The molecule has 0 aliphatic carbocycles. The van der Waals surface area contributed by atoms with E-state index in [4.69, 9.17) is 0 Å². The summed E-state index contributed by atoms with van der Waals surface area (Å²) in [5, 5.41) is 0. The van der Waals surface area contributed by atoms with Crippen molar-refractivity contribution in [3.8, 4) is 0 Å². The molecular formula is CH3ClO3S. The van der Waals surface area contributed by atoms with Crippen LogP contribution in [-0.4, -0.2) is 15.5 Å². The summed E-state index contributed by atoms with van der Waals surface area (Å²) in [5.74, 6) is 0. The topological polar surface area (TPSA) is 43.4 Å². The monoisotopic (exact) mass is 130 g/mol. The third-order valence-electron chi connectivity index (χ3n) is 0.199. The fraction of sp³-hybridized carbons (Fsp3) is 1.00. The molecule has 0 aromatic rings. The lowest BCUT2D eigenvalue weighted by molar-refractivity contribution is 0.412. The molecule has 0 aliphatic rings. The fourth-order valence-electron chi connectivity index (χ4n) is 0. The van der Waals surface area contributed by atoms with Crippen molar-refractivity contribution in [3.63, 3.8) is 0 Å². The first-order chi connectivity index (χ1) is 2.56. The van der Waals surface area contributed by atoms with E-state index in [0.717, 1.165) is 7.11 Å². The second kappa shape index (κ2) is 1.77. The Morgan fingerprint density at radius 2 is 1.83 bits per heavy atom. The van der Waals surface area contributed by atoms with Gasteiger partial charge in [-0.15, -0.1) is 0 Å². The van der Waals surface area contributed by atoms with E-state index >= 15 is 0 Å². The standard InChI is InChI=1S/CH3ClO3S/c1-5-6(2,3)4/h1H3. The van der Waals surface area contributed by atoms with Crippen molar-refractivity contribution >= 4 is 20.0 Å². The van der Waals surface area contributed by atoms with Crippen LogP contribution in [0, 0.1) is 0 Å². The average Bonchev–Trinajstić information content (AvgIpc) is 1.35. The lowest BCUT2D eigenvalue weighted by Crippen LogP contribution is -1.87. The molecule has 0 amide bonds. The third-order valence-corrected chi connectivity index (χ3v) is 0.975. The molecule has 6 heavy (non-hydrogen) atoms. The first-order valence-corrected chi connectivity index (χ1v) is 3.30. The minimum atomic E-state index is -3.69. The SMILES string of the molecule is COS(=O)(=O)Cl. The lowest BCUT2D eigenvalue weighted by Gasteiger charge is -1.80. The van der Waals surface area contributed by atoms with Crippen LogP contribution in [0.15, 0.2) is 0 Å². The zero-order valence-electron chi connectivity index (χ0n) is 3.01. The maximum Gasteiger partial charge on any atom is 0.355 e. The van der Waals surface area contributed by atoms with Crippen molar-refractivity contribution in [1.82, 2.24) is 0 Å². The van der Waals surface area contributed by atoms with Gasteiger partial charge in [-0.3, -0.25) is 4.18 Å². The summed E-state index contributed by atoms with van der Waals surface area (Å²) in [6, 6.07) is 0. The van der Waals surface area contributed by atoms with Gasteiger partial charge >= 0.3 is 9.33 Å². The van der Waals surface area contributed by atoms with E-state index in [1.807, 2.05) is 0 Å². The highest BCUT2D eigenvalue weighted by atomic mass is 35.7. The van der Waals surface area contributed by atoms with E-state index in [2.05, 4.69) is 14.9 Å². The van der Waals surface area contributed by atoms with Crippen molar-refractivity contribution in [1.29, 1.82) is 0 Å². The van der Waals surface area contributed by atoms with Crippen molar-refractivity contribution in [2.45, 2.75) is 0 Å². The van der Waals surface area contributed by atoms with Crippen LogP contribution in [0.3, 0.4) is 0 Å². The Kier molecular flexibility index (Phi) is 1.83. The van der Waals surface area contributed by atoms with Crippen LogP contribution in [-0.2, 0) is 13.5 Å². The number of hydrogen-bond acceptors (Lipinski definition) is 3. The van der Waals surface area contributed by atoms with Crippen LogP contribution in [0.4, 0.5) is 0 Å².